The van der Waals surface area contributed by atoms with Gasteiger partial charge in [-0.15, -0.1) is 0 Å². The van der Waals surface area contributed by atoms with Crippen LogP contribution in [-0.4, -0.2) is 30.7 Å². The highest BCUT2D eigenvalue weighted by molar-refractivity contribution is 7.91. The number of benzene rings is 3. The van der Waals surface area contributed by atoms with Crippen molar-refractivity contribution in [2.24, 2.45) is 5.41 Å². The average Bonchev–Trinajstić information content (AvgIpc) is 2.83. The molecule has 0 saturated carbocycles. The van der Waals surface area contributed by atoms with E-state index in [1.54, 1.807) is 42.5 Å². The number of halogens is 1. The number of hydrogen-bond donors (Lipinski definition) is 0. The minimum atomic E-state index is -1.64. The van der Waals surface area contributed by atoms with E-state index in [1.165, 1.54) is 21.1 Å². The SMILES string of the molecule is CCCC(C)(C)CC(=O)Oc1c(OC)c(OC)c(OC(C)=O)c2cc([S+]([O-])c3ccccc3Cl)ccc12. The highest BCUT2D eigenvalue weighted by atomic mass is 35.5. The molecule has 0 aliphatic carbocycles. The number of fused-ring (bicyclic) bond motifs is 1. The quantitative estimate of drug-likeness (QED) is 0.158. The van der Waals surface area contributed by atoms with E-state index in [9.17, 15) is 14.1 Å². The Hall–Kier alpha value is -2.94. The highest BCUT2D eigenvalue weighted by Crippen LogP contribution is 2.52. The molecule has 0 amide bonds. The topological polar surface area (TPSA) is 94.1 Å². The van der Waals surface area contributed by atoms with Crippen LogP contribution in [0.1, 0.15) is 47.0 Å². The summed E-state index contributed by atoms with van der Waals surface area (Å²) in [5.41, 5.74) is -0.254. The normalized spacial score (nSPS) is 12.2. The molecular formula is C28H31ClO7S. The van der Waals surface area contributed by atoms with Crippen LogP contribution in [-0.2, 0) is 20.8 Å². The van der Waals surface area contributed by atoms with Crippen LogP contribution in [0.25, 0.3) is 10.8 Å². The van der Waals surface area contributed by atoms with Gasteiger partial charge in [-0.05, 0) is 36.1 Å². The maximum absolute atomic E-state index is 13.4. The summed E-state index contributed by atoms with van der Waals surface area (Å²) in [7, 11) is 2.79. The molecule has 0 bridgehead atoms. The zero-order valence-electron chi connectivity index (χ0n) is 21.8. The molecule has 198 valence electrons. The highest BCUT2D eigenvalue weighted by Gasteiger charge is 2.30. The number of hydrogen-bond acceptors (Lipinski definition) is 7. The summed E-state index contributed by atoms with van der Waals surface area (Å²) in [5.74, 6) is -0.674. The van der Waals surface area contributed by atoms with Crippen molar-refractivity contribution >= 4 is 45.5 Å². The maximum atomic E-state index is 13.4. The van der Waals surface area contributed by atoms with Crippen LogP contribution in [0.3, 0.4) is 0 Å². The number of esters is 2. The maximum Gasteiger partial charge on any atom is 0.311 e. The average molecular weight is 547 g/mol. The second-order valence-electron chi connectivity index (χ2n) is 9.29. The third-order valence-electron chi connectivity index (χ3n) is 5.77. The van der Waals surface area contributed by atoms with Crippen LogP contribution in [0.15, 0.2) is 52.3 Å². The van der Waals surface area contributed by atoms with E-state index < -0.39 is 23.1 Å². The van der Waals surface area contributed by atoms with E-state index in [4.69, 9.17) is 30.5 Å². The summed E-state index contributed by atoms with van der Waals surface area (Å²) in [6.07, 6.45) is 1.98. The predicted molar refractivity (Wildman–Crippen MR) is 143 cm³/mol. The van der Waals surface area contributed by atoms with Gasteiger partial charge < -0.3 is 23.5 Å². The Morgan fingerprint density at radius 1 is 0.946 bits per heavy atom. The van der Waals surface area contributed by atoms with E-state index in [2.05, 4.69) is 6.92 Å². The van der Waals surface area contributed by atoms with Gasteiger partial charge in [-0.3, -0.25) is 9.59 Å². The first-order valence-corrected chi connectivity index (χ1v) is 13.3. The van der Waals surface area contributed by atoms with Crippen LogP contribution in [0.4, 0.5) is 0 Å². The molecule has 1 unspecified atom stereocenters. The Labute approximate surface area is 225 Å². The van der Waals surface area contributed by atoms with E-state index in [1.807, 2.05) is 13.8 Å². The minimum Gasteiger partial charge on any atom is -0.606 e. The Morgan fingerprint density at radius 3 is 2.14 bits per heavy atom. The van der Waals surface area contributed by atoms with Crippen molar-refractivity contribution in [1.82, 2.24) is 0 Å². The molecular weight excluding hydrogens is 516 g/mol. The lowest BCUT2D eigenvalue weighted by Gasteiger charge is -2.24. The van der Waals surface area contributed by atoms with Crippen LogP contribution in [0, 0.1) is 5.41 Å². The van der Waals surface area contributed by atoms with Crippen molar-refractivity contribution in [3.8, 4) is 23.0 Å². The first kappa shape index (κ1) is 28.6. The smallest absolute Gasteiger partial charge is 0.311 e. The van der Waals surface area contributed by atoms with Crippen LogP contribution >= 0.6 is 11.6 Å². The third kappa shape index (κ3) is 6.50. The molecule has 0 aromatic heterocycles. The Bertz CT molecular complexity index is 1310. The standard InChI is InChI=1S/C28H31ClO7S/c1-7-14-28(3,4)16-23(31)36-24-19-13-12-18(37(32)22-11-9-8-10-21(22)29)15-20(19)25(35-17(2)30)27(34-6)26(24)33-5/h8-13,15H,7,14,16H2,1-6H3. The second kappa shape index (κ2) is 12.1. The van der Waals surface area contributed by atoms with Gasteiger partial charge in [-0.1, -0.05) is 50.9 Å². The lowest BCUT2D eigenvalue weighted by atomic mass is 9.85. The van der Waals surface area contributed by atoms with E-state index in [0.29, 0.717) is 25.6 Å². The molecule has 0 heterocycles. The number of carbonyl (C=O) groups is 2. The molecule has 0 aliphatic heterocycles. The second-order valence-corrected chi connectivity index (χ2v) is 11.1. The number of ether oxygens (including phenoxy) is 4. The van der Waals surface area contributed by atoms with E-state index in [0.717, 1.165) is 12.8 Å². The zero-order chi connectivity index (χ0) is 27.3. The number of rotatable bonds is 10. The first-order chi connectivity index (χ1) is 17.5. The molecule has 0 radical (unpaired) electrons. The molecule has 3 aromatic carbocycles. The van der Waals surface area contributed by atoms with Gasteiger partial charge in [0, 0.05) is 34.9 Å². The van der Waals surface area contributed by atoms with Crippen molar-refractivity contribution in [3.05, 3.63) is 47.5 Å². The fourth-order valence-corrected chi connectivity index (χ4v) is 5.68. The number of methoxy groups -OCH3 is 2. The summed E-state index contributed by atoms with van der Waals surface area (Å²) >= 11 is 4.64. The zero-order valence-corrected chi connectivity index (χ0v) is 23.4. The Morgan fingerprint density at radius 2 is 1.57 bits per heavy atom. The molecule has 37 heavy (non-hydrogen) atoms. The molecule has 0 fully saturated rings. The van der Waals surface area contributed by atoms with Gasteiger partial charge in [-0.2, -0.15) is 0 Å². The van der Waals surface area contributed by atoms with Crippen molar-refractivity contribution in [1.29, 1.82) is 0 Å². The molecule has 0 spiro atoms. The molecule has 3 aromatic rings. The summed E-state index contributed by atoms with van der Waals surface area (Å²) in [5, 5.41) is 1.15. The number of carbonyl (C=O) groups excluding carboxylic acids is 2. The van der Waals surface area contributed by atoms with E-state index >= 15 is 0 Å². The summed E-state index contributed by atoms with van der Waals surface area (Å²) in [6, 6.07) is 11.7. The molecule has 0 saturated heterocycles. The van der Waals surface area contributed by atoms with Crippen molar-refractivity contribution in [3.63, 3.8) is 0 Å². The van der Waals surface area contributed by atoms with Gasteiger partial charge in [0.2, 0.25) is 11.5 Å². The van der Waals surface area contributed by atoms with Gasteiger partial charge in [0.15, 0.2) is 21.3 Å². The van der Waals surface area contributed by atoms with Gasteiger partial charge in [0.1, 0.15) is 0 Å². The largest absolute Gasteiger partial charge is 0.606 e. The van der Waals surface area contributed by atoms with Crippen molar-refractivity contribution in [2.45, 2.75) is 56.7 Å². The monoisotopic (exact) mass is 546 g/mol. The first-order valence-electron chi connectivity index (χ1n) is 11.8. The van der Waals surface area contributed by atoms with Crippen LogP contribution < -0.4 is 18.9 Å². The summed E-state index contributed by atoms with van der Waals surface area (Å²) in [4.78, 5) is 25.9. The van der Waals surface area contributed by atoms with Crippen molar-refractivity contribution in [2.75, 3.05) is 14.2 Å². The fraction of sp³-hybridized carbons (Fsp3) is 0.357. The fourth-order valence-electron chi connectivity index (χ4n) is 4.22. The molecule has 1 atom stereocenters. The van der Waals surface area contributed by atoms with Gasteiger partial charge in [0.05, 0.1) is 25.7 Å². The summed E-state index contributed by atoms with van der Waals surface area (Å²) in [6.45, 7) is 7.33. The van der Waals surface area contributed by atoms with E-state index in [-0.39, 0.29) is 34.8 Å². The Balaban J connectivity index is 2.22. The summed E-state index contributed by atoms with van der Waals surface area (Å²) < 4.78 is 35.9. The molecule has 3 rings (SSSR count). The minimum absolute atomic E-state index is 0.0611. The molecule has 0 aliphatic rings. The lowest BCUT2D eigenvalue weighted by Crippen LogP contribution is -2.21. The van der Waals surface area contributed by atoms with Crippen LogP contribution in [0.2, 0.25) is 5.02 Å². The van der Waals surface area contributed by atoms with Crippen molar-refractivity contribution < 1.29 is 33.1 Å². The van der Waals surface area contributed by atoms with Gasteiger partial charge in [0.25, 0.3) is 0 Å². The van der Waals surface area contributed by atoms with Crippen LogP contribution in [0.5, 0.6) is 23.0 Å². The van der Waals surface area contributed by atoms with Gasteiger partial charge in [-0.25, -0.2) is 0 Å². The third-order valence-corrected chi connectivity index (χ3v) is 7.65. The Kier molecular flexibility index (Phi) is 9.34. The molecule has 7 nitrogen and oxygen atoms in total. The molecule has 0 N–H and O–H groups in total. The van der Waals surface area contributed by atoms with Gasteiger partial charge >= 0.3 is 11.9 Å². The predicted octanol–water partition coefficient (Wildman–Crippen LogP) is 6.72. The lowest BCUT2D eigenvalue weighted by molar-refractivity contribution is -0.137. The molecule has 9 heteroatoms.